The second-order valence-electron chi connectivity index (χ2n) is 7.46. The van der Waals surface area contributed by atoms with Gasteiger partial charge in [-0.3, -0.25) is 9.97 Å². The van der Waals surface area contributed by atoms with Crippen molar-refractivity contribution in [1.29, 1.82) is 0 Å². The molecule has 5 heteroatoms. The number of rotatable bonds is 6. The molecule has 0 atom stereocenters. The summed E-state index contributed by atoms with van der Waals surface area (Å²) in [6.45, 7) is 0.528. The van der Waals surface area contributed by atoms with E-state index in [0.717, 1.165) is 40.4 Å². The molecular formula is C23H23ClFN3. The predicted molar refractivity (Wildman–Crippen MR) is 112 cm³/mol. The third-order valence-corrected chi connectivity index (χ3v) is 5.62. The van der Waals surface area contributed by atoms with Crippen LogP contribution in [-0.2, 0) is 13.0 Å². The van der Waals surface area contributed by atoms with E-state index in [4.69, 9.17) is 11.6 Å². The molecule has 2 aromatic heterocycles. The summed E-state index contributed by atoms with van der Waals surface area (Å²) in [5, 5.41) is 3.93. The van der Waals surface area contributed by atoms with Gasteiger partial charge in [0.15, 0.2) is 0 Å². The van der Waals surface area contributed by atoms with Crippen LogP contribution in [0, 0.1) is 11.7 Å². The van der Waals surface area contributed by atoms with Crippen molar-refractivity contribution >= 4 is 17.3 Å². The Kier molecular flexibility index (Phi) is 5.87. The molecule has 0 saturated heterocycles. The Morgan fingerprint density at radius 1 is 1.07 bits per heavy atom. The largest absolute Gasteiger partial charge is 0.380 e. The molecule has 0 radical (unpaired) electrons. The van der Waals surface area contributed by atoms with E-state index in [1.165, 1.54) is 37.8 Å². The zero-order valence-electron chi connectivity index (χ0n) is 15.7. The summed E-state index contributed by atoms with van der Waals surface area (Å²) in [7, 11) is 0. The van der Waals surface area contributed by atoms with Gasteiger partial charge in [-0.15, -0.1) is 0 Å². The normalized spacial score (nSPS) is 14.4. The predicted octanol–water partition coefficient (Wildman–Crippen LogP) is 6.28. The van der Waals surface area contributed by atoms with E-state index < -0.39 is 0 Å². The van der Waals surface area contributed by atoms with Crippen molar-refractivity contribution in [1.82, 2.24) is 9.97 Å². The fourth-order valence-corrected chi connectivity index (χ4v) is 4.07. The molecule has 3 aromatic rings. The van der Waals surface area contributed by atoms with Crippen LogP contribution >= 0.6 is 11.6 Å². The van der Waals surface area contributed by atoms with E-state index in [2.05, 4.69) is 21.4 Å². The first-order valence-electron chi connectivity index (χ1n) is 9.75. The highest BCUT2D eigenvalue weighted by molar-refractivity contribution is 6.33. The number of anilines is 1. The standard InChI is InChI=1S/C23H23ClFN3/c24-23-15-28-20(9-16-4-1-2-5-16)11-22(23)18-10-21(14-26-13-18)27-12-17-6-3-7-19(25)8-17/h3,6-8,10-11,13-16,27H,1-2,4-5,9,12H2. The molecule has 1 N–H and O–H groups in total. The van der Waals surface area contributed by atoms with Crippen molar-refractivity contribution in [3.05, 3.63) is 77.1 Å². The average Bonchev–Trinajstić information content (AvgIpc) is 3.21. The maximum Gasteiger partial charge on any atom is 0.123 e. The Morgan fingerprint density at radius 3 is 2.75 bits per heavy atom. The Balaban J connectivity index is 1.51. The number of hydrogen-bond acceptors (Lipinski definition) is 3. The molecule has 0 bridgehead atoms. The van der Waals surface area contributed by atoms with Crippen LogP contribution in [0.3, 0.4) is 0 Å². The molecule has 0 spiro atoms. The van der Waals surface area contributed by atoms with Crippen molar-refractivity contribution in [3.8, 4) is 11.1 Å². The lowest BCUT2D eigenvalue weighted by molar-refractivity contribution is 0.539. The molecule has 1 aliphatic carbocycles. The van der Waals surface area contributed by atoms with Gasteiger partial charge in [0.2, 0.25) is 0 Å². The fraction of sp³-hybridized carbons (Fsp3) is 0.304. The van der Waals surface area contributed by atoms with Crippen molar-refractivity contribution in [2.24, 2.45) is 5.92 Å². The average molecular weight is 396 g/mol. The third kappa shape index (κ3) is 4.68. The number of nitrogens with one attached hydrogen (secondary N) is 1. The molecule has 144 valence electrons. The van der Waals surface area contributed by atoms with Gasteiger partial charge in [-0.25, -0.2) is 4.39 Å². The van der Waals surface area contributed by atoms with E-state index in [1.54, 1.807) is 18.5 Å². The molecule has 0 unspecified atom stereocenters. The van der Waals surface area contributed by atoms with Gasteiger partial charge in [0.25, 0.3) is 0 Å². The molecule has 1 aliphatic rings. The van der Waals surface area contributed by atoms with Gasteiger partial charge in [0.05, 0.1) is 10.7 Å². The molecule has 28 heavy (non-hydrogen) atoms. The summed E-state index contributed by atoms with van der Waals surface area (Å²) in [5.74, 6) is 0.503. The number of pyridine rings is 2. The molecule has 1 fully saturated rings. The zero-order valence-corrected chi connectivity index (χ0v) is 16.4. The van der Waals surface area contributed by atoms with Crippen molar-refractivity contribution in [2.45, 2.75) is 38.6 Å². The van der Waals surface area contributed by atoms with E-state index in [0.29, 0.717) is 11.6 Å². The number of halogens is 2. The van der Waals surface area contributed by atoms with E-state index in [1.807, 2.05) is 18.3 Å². The van der Waals surface area contributed by atoms with Gasteiger partial charge < -0.3 is 5.32 Å². The molecule has 1 saturated carbocycles. The first-order valence-corrected chi connectivity index (χ1v) is 10.1. The Bertz CT molecular complexity index is 954. The van der Waals surface area contributed by atoms with Gasteiger partial charge in [0, 0.05) is 42.0 Å². The highest BCUT2D eigenvalue weighted by atomic mass is 35.5. The van der Waals surface area contributed by atoms with Gasteiger partial charge in [-0.05, 0) is 42.2 Å². The van der Waals surface area contributed by atoms with E-state index in [-0.39, 0.29) is 5.82 Å². The van der Waals surface area contributed by atoms with Crippen LogP contribution in [0.25, 0.3) is 11.1 Å². The van der Waals surface area contributed by atoms with Crippen LogP contribution in [0.15, 0.2) is 55.0 Å². The van der Waals surface area contributed by atoms with Crippen molar-refractivity contribution < 1.29 is 4.39 Å². The number of benzene rings is 1. The first-order chi connectivity index (χ1) is 13.7. The molecule has 0 aliphatic heterocycles. The number of aromatic nitrogens is 2. The minimum absolute atomic E-state index is 0.232. The maximum atomic E-state index is 13.3. The smallest absolute Gasteiger partial charge is 0.123 e. The molecule has 4 rings (SSSR count). The van der Waals surface area contributed by atoms with Crippen LogP contribution in [0.4, 0.5) is 10.1 Å². The van der Waals surface area contributed by atoms with E-state index in [9.17, 15) is 4.39 Å². The van der Waals surface area contributed by atoms with Crippen molar-refractivity contribution in [2.75, 3.05) is 5.32 Å². The zero-order chi connectivity index (χ0) is 19.3. The summed E-state index contributed by atoms with van der Waals surface area (Å²) in [6.07, 6.45) is 11.6. The minimum Gasteiger partial charge on any atom is -0.380 e. The summed E-state index contributed by atoms with van der Waals surface area (Å²) >= 11 is 6.44. The number of nitrogens with zero attached hydrogens (tertiary/aromatic N) is 2. The van der Waals surface area contributed by atoms with Crippen molar-refractivity contribution in [3.63, 3.8) is 0 Å². The third-order valence-electron chi connectivity index (χ3n) is 5.32. The minimum atomic E-state index is -0.232. The summed E-state index contributed by atoms with van der Waals surface area (Å²) < 4.78 is 13.3. The van der Waals surface area contributed by atoms with Crippen LogP contribution in [0.5, 0.6) is 0 Å². The maximum absolute atomic E-state index is 13.3. The molecule has 2 heterocycles. The SMILES string of the molecule is Fc1cccc(CNc2cncc(-c3cc(CC4CCCC4)ncc3Cl)c2)c1. The quantitative estimate of drug-likeness (QED) is 0.533. The van der Waals surface area contributed by atoms with Crippen LogP contribution in [-0.4, -0.2) is 9.97 Å². The van der Waals surface area contributed by atoms with Crippen LogP contribution < -0.4 is 5.32 Å². The Labute approximate surface area is 170 Å². The summed E-state index contributed by atoms with van der Waals surface area (Å²) in [6, 6.07) is 10.7. The second kappa shape index (κ2) is 8.70. The number of hydrogen-bond donors (Lipinski definition) is 1. The lowest BCUT2D eigenvalue weighted by Gasteiger charge is -2.12. The van der Waals surface area contributed by atoms with Gasteiger partial charge in [-0.2, -0.15) is 0 Å². The lowest BCUT2D eigenvalue weighted by Crippen LogP contribution is -2.02. The fourth-order valence-electron chi connectivity index (χ4n) is 3.86. The molecular weight excluding hydrogens is 373 g/mol. The second-order valence-corrected chi connectivity index (χ2v) is 7.86. The van der Waals surface area contributed by atoms with Gasteiger partial charge >= 0.3 is 0 Å². The lowest BCUT2D eigenvalue weighted by atomic mass is 9.99. The van der Waals surface area contributed by atoms with Crippen LogP contribution in [0.2, 0.25) is 5.02 Å². The Hall–Kier alpha value is -2.46. The van der Waals surface area contributed by atoms with Gasteiger partial charge in [-0.1, -0.05) is 49.4 Å². The van der Waals surface area contributed by atoms with Crippen LogP contribution in [0.1, 0.15) is 36.9 Å². The topological polar surface area (TPSA) is 37.8 Å². The Morgan fingerprint density at radius 2 is 1.93 bits per heavy atom. The monoisotopic (exact) mass is 395 g/mol. The molecule has 1 aromatic carbocycles. The molecule has 3 nitrogen and oxygen atoms in total. The highest BCUT2D eigenvalue weighted by Gasteiger charge is 2.17. The van der Waals surface area contributed by atoms with Gasteiger partial charge in [0.1, 0.15) is 5.82 Å². The van der Waals surface area contributed by atoms with E-state index >= 15 is 0 Å². The first kappa shape index (κ1) is 18.9. The highest BCUT2D eigenvalue weighted by Crippen LogP contribution is 2.32. The summed E-state index contributed by atoms with van der Waals surface area (Å²) in [5.41, 5.74) is 4.73. The summed E-state index contributed by atoms with van der Waals surface area (Å²) in [4.78, 5) is 8.88. The molecule has 0 amide bonds.